The molecule has 0 aliphatic carbocycles. The maximum atomic E-state index is 11.9. The molecule has 1 fully saturated rings. The molecule has 4 nitrogen and oxygen atoms in total. The van der Waals surface area contributed by atoms with Crippen LogP contribution in [0.4, 0.5) is 11.4 Å². The van der Waals surface area contributed by atoms with Crippen LogP contribution >= 0.6 is 0 Å². The summed E-state index contributed by atoms with van der Waals surface area (Å²) in [7, 11) is 0. The fraction of sp³-hybridized carbons (Fsp3) is 0.533. The van der Waals surface area contributed by atoms with Crippen molar-refractivity contribution in [2.24, 2.45) is 11.7 Å². The number of nitrogens with two attached hydrogens (primary N) is 1. The summed E-state index contributed by atoms with van der Waals surface area (Å²) in [6.45, 7) is 6.10. The molecule has 1 heterocycles. The van der Waals surface area contributed by atoms with Crippen LogP contribution in [0.1, 0.15) is 26.7 Å². The summed E-state index contributed by atoms with van der Waals surface area (Å²) >= 11 is 0. The van der Waals surface area contributed by atoms with Gasteiger partial charge in [-0.05, 0) is 37.0 Å². The Morgan fingerprint density at radius 1 is 1.32 bits per heavy atom. The van der Waals surface area contributed by atoms with E-state index in [0.29, 0.717) is 0 Å². The third-order valence-corrected chi connectivity index (χ3v) is 3.61. The summed E-state index contributed by atoms with van der Waals surface area (Å²) in [6, 6.07) is 7.53. The van der Waals surface area contributed by atoms with Crippen LogP contribution in [0.25, 0.3) is 0 Å². The first-order valence-electron chi connectivity index (χ1n) is 6.99. The maximum Gasteiger partial charge on any atom is 0.241 e. The molecule has 1 aliphatic heterocycles. The molecule has 3 N–H and O–H groups in total. The molecule has 1 aromatic carbocycles. The second kappa shape index (κ2) is 6.06. The monoisotopic (exact) mass is 261 g/mol. The molecule has 0 bridgehead atoms. The smallest absolute Gasteiger partial charge is 0.241 e. The van der Waals surface area contributed by atoms with Crippen molar-refractivity contribution in [3.05, 3.63) is 24.3 Å². The zero-order chi connectivity index (χ0) is 13.8. The Labute approximate surface area is 115 Å². The van der Waals surface area contributed by atoms with E-state index in [-0.39, 0.29) is 11.8 Å². The van der Waals surface area contributed by atoms with Crippen molar-refractivity contribution in [1.82, 2.24) is 0 Å². The number of amides is 1. The number of hydrogen-bond donors (Lipinski definition) is 2. The van der Waals surface area contributed by atoms with Gasteiger partial charge in [-0.15, -0.1) is 0 Å². The molecule has 1 saturated heterocycles. The molecule has 2 rings (SSSR count). The average Bonchev–Trinajstić information content (AvgIpc) is 2.91. The molecule has 0 saturated carbocycles. The number of anilines is 2. The third kappa shape index (κ3) is 3.47. The number of hydrogen-bond acceptors (Lipinski definition) is 3. The van der Waals surface area contributed by atoms with Gasteiger partial charge in [0.15, 0.2) is 0 Å². The van der Waals surface area contributed by atoms with Gasteiger partial charge in [-0.3, -0.25) is 4.79 Å². The van der Waals surface area contributed by atoms with Gasteiger partial charge in [-0.25, -0.2) is 0 Å². The molecule has 0 radical (unpaired) electrons. The first-order chi connectivity index (χ1) is 9.08. The van der Waals surface area contributed by atoms with Gasteiger partial charge in [-0.1, -0.05) is 19.9 Å². The Bertz CT molecular complexity index is 439. The Balaban J connectivity index is 2.04. The van der Waals surface area contributed by atoms with Gasteiger partial charge in [0, 0.05) is 24.5 Å². The minimum absolute atomic E-state index is 0.117. The van der Waals surface area contributed by atoms with Gasteiger partial charge in [-0.2, -0.15) is 0 Å². The quantitative estimate of drug-likeness (QED) is 0.873. The Morgan fingerprint density at radius 2 is 2.00 bits per heavy atom. The zero-order valence-corrected chi connectivity index (χ0v) is 11.7. The van der Waals surface area contributed by atoms with Gasteiger partial charge >= 0.3 is 0 Å². The van der Waals surface area contributed by atoms with Crippen molar-refractivity contribution in [2.75, 3.05) is 23.3 Å². The van der Waals surface area contributed by atoms with Crippen molar-refractivity contribution < 1.29 is 4.79 Å². The average molecular weight is 261 g/mol. The van der Waals surface area contributed by atoms with E-state index in [1.807, 2.05) is 32.0 Å². The highest BCUT2D eigenvalue weighted by atomic mass is 16.2. The lowest BCUT2D eigenvalue weighted by Gasteiger charge is -2.19. The normalized spacial score (nSPS) is 16.7. The van der Waals surface area contributed by atoms with Crippen LogP contribution < -0.4 is 16.0 Å². The van der Waals surface area contributed by atoms with Gasteiger partial charge in [0.2, 0.25) is 5.91 Å². The zero-order valence-electron chi connectivity index (χ0n) is 11.7. The molecule has 4 heteroatoms. The van der Waals surface area contributed by atoms with E-state index >= 15 is 0 Å². The molecule has 1 atom stereocenters. The van der Waals surface area contributed by atoms with E-state index in [0.717, 1.165) is 18.8 Å². The number of benzene rings is 1. The lowest BCUT2D eigenvalue weighted by molar-refractivity contribution is -0.118. The van der Waals surface area contributed by atoms with Crippen LogP contribution in [0.2, 0.25) is 0 Å². The molecule has 0 aromatic heterocycles. The minimum Gasteiger partial charge on any atom is -0.371 e. The number of nitrogens with zero attached hydrogens (tertiary/aromatic N) is 1. The SMILES string of the molecule is CC(C)[C@@H](N)C(=O)Nc1cccc(N2CCCC2)c1. The fourth-order valence-electron chi connectivity index (χ4n) is 2.28. The highest BCUT2D eigenvalue weighted by Gasteiger charge is 2.18. The van der Waals surface area contributed by atoms with E-state index < -0.39 is 6.04 Å². The number of nitrogens with one attached hydrogen (secondary N) is 1. The molecule has 1 aliphatic rings. The molecule has 104 valence electrons. The number of carbonyl (C=O) groups excluding carboxylic acids is 1. The molecule has 0 unspecified atom stereocenters. The Hall–Kier alpha value is -1.55. The van der Waals surface area contributed by atoms with Gasteiger partial charge in [0.25, 0.3) is 0 Å². The summed E-state index contributed by atoms with van der Waals surface area (Å²) in [5, 5.41) is 2.90. The first kappa shape index (κ1) is 13.9. The van der Waals surface area contributed by atoms with Crippen molar-refractivity contribution >= 4 is 17.3 Å². The third-order valence-electron chi connectivity index (χ3n) is 3.61. The van der Waals surface area contributed by atoms with Crippen LogP contribution in [-0.2, 0) is 4.79 Å². The highest BCUT2D eigenvalue weighted by Crippen LogP contribution is 2.23. The van der Waals surface area contributed by atoms with E-state index in [1.54, 1.807) is 0 Å². The van der Waals surface area contributed by atoms with Crippen LogP contribution in [0.15, 0.2) is 24.3 Å². The lowest BCUT2D eigenvalue weighted by Crippen LogP contribution is -2.39. The van der Waals surface area contributed by atoms with E-state index in [9.17, 15) is 4.79 Å². The van der Waals surface area contributed by atoms with Crippen molar-refractivity contribution in [2.45, 2.75) is 32.7 Å². The van der Waals surface area contributed by atoms with E-state index in [1.165, 1.54) is 18.5 Å². The van der Waals surface area contributed by atoms with Crippen molar-refractivity contribution in [1.29, 1.82) is 0 Å². The van der Waals surface area contributed by atoms with Crippen LogP contribution in [0.3, 0.4) is 0 Å². The standard InChI is InChI=1S/C15H23N3O/c1-11(2)14(16)15(19)17-12-6-5-7-13(10-12)18-8-3-4-9-18/h5-7,10-11,14H,3-4,8-9,16H2,1-2H3,(H,17,19)/t14-/m1/s1. The second-order valence-electron chi connectivity index (χ2n) is 5.50. The molecular weight excluding hydrogens is 238 g/mol. The van der Waals surface area contributed by atoms with Crippen molar-refractivity contribution in [3.63, 3.8) is 0 Å². The van der Waals surface area contributed by atoms with Crippen LogP contribution in [-0.4, -0.2) is 25.0 Å². The largest absolute Gasteiger partial charge is 0.371 e. The first-order valence-corrected chi connectivity index (χ1v) is 6.99. The lowest BCUT2D eigenvalue weighted by atomic mass is 10.0. The number of carbonyl (C=O) groups is 1. The molecule has 0 spiro atoms. The van der Waals surface area contributed by atoms with E-state index in [2.05, 4.69) is 16.3 Å². The molecule has 1 aromatic rings. The van der Waals surface area contributed by atoms with Crippen LogP contribution in [0, 0.1) is 5.92 Å². The van der Waals surface area contributed by atoms with Gasteiger partial charge < -0.3 is 16.0 Å². The Morgan fingerprint density at radius 3 is 2.63 bits per heavy atom. The minimum atomic E-state index is -0.463. The summed E-state index contributed by atoms with van der Waals surface area (Å²) in [5.74, 6) is 0.0235. The summed E-state index contributed by atoms with van der Waals surface area (Å²) in [4.78, 5) is 14.3. The second-order valence-corrected chi connectivity index (χ2v) is 5.50. The van der Waals surface area contributed by atoms with Crippen molar-refractivity contribution in [3.8, 4) is 0 Å². The van der Waals surface area contributed by atoms with Gasteiger partial charge in [0.05, 0.1) is 6.04 Å². The molecule has 1 amide bonds. The fourth-order valence-corrected chi connectivity index (χ4v) is 2.28. The summed E-state index contributed by atoms with van der Waals surface area (Å²) in [6.07, 6.45) is 2.49. The van der Waals surface area contributed by atoms with Gasteiger partial charge in [0.1, 0.15) is 0 Å². The number of rotatable bonds is 4. The molecule has 19 heavy (non-hydrogen) atoms. The highest BCUT2D eigenvalue weighted by molar-refractivity contribution is 5.95. The summed E-state index contributed by atoms with van der Waals surface area (Å²) in [5.41, 5.74) is 7.84. The summed E-state index contributed by atoms with van der Waals surface area (Å²) < 4.78 is 0. The van der Waals surface area contributed by atoms with Crippen LogP contribution in [0.5, 0.6) is 0 Å². The predicted molar refractivity (Wildman–Crippen MR) is 79.3 cm³/mol. The predicted octanol–water partition coefficient (Wildman–Crippen LogP) is 2.21. The molecular formula is C15H23N3O. The Kier molecular flexibility index (Phi) is 4.43. The van der Waals surface area contributed by atoms with E-state index in [4.69, 9.17) is 5.73 Å². The maximum absolute atomic E-state index is 11.9. The topological polar surface area (TPSA) is 58.4 Å².